The van der Waals surface area contributed by atoms with Crippen LogP contribution in [0.3, 0.4) is 0 Å². The lowest BCUT2D eigenvalue weighted by molar-refractivity contribution is -0.141. The van der Waals surface area contributed by atoms with Crippen LogP contribution in [0.25, 0.3) is 0 Å². The first-order valence-electron chi connectivity index (χ1n) is 4.49. The van der Waals surface area contributed by atoms with Gasteiger partial charge < -0.3 is 5.11 Å². The molecule has 1 rings (SSSR count). The number of hydrogen-bond acceptors (Lipinski definition) is 1. The highest BCUT2D eigenvalue weighted by atomic mass is 16.4. The molecule has 0 saturated carbocycles. The molecule has 1 N–H and O–H groups in total. The Hall–Kier alpha value is -1.05. The molecule has 1 aliphatic rings. The van der Waals surface area contributed by atoms with E-state index < -0.39 is 17.8 Å². The van der Waals surface area contributed by atoms with Crippen LogP contribution in [0.1, 0.15) is 16.6 Å². The van der Waals surface area contributed by atoms with Crippen LogP contribution >= 0.6 is 0 Å². The zero-order chi connectivity index (χ0) is 10.2. The molecule has 0 spiro atoms. The quantitative estimate of drug-likeness (QED) is 0.625. The largest absolute Gasteiger partial charge is 0.481 e. The number of aliphatic carboxylic acids is 1. The van der Waals surface area contributed by atoms with Crippen LogP contribution in [-0.4, -0.2) is 11.1 Å². The van der Waals surface area contributed by atoms with Crippen molar-refractivity contribution in [3.05, 3.63) is 23.8 Å². The van der Waals surface area contributed by atoms with Crippen molar-refractivity contribution in [3.8, 4) is 0 Å². The highest BCUT2D eigenvalue weighted by Crippen LogP contribution is 2.25. The first kappa shape index (κ1) is 5.58. The summed E-state index contributed by atoms with van der Waals surface area (Å²) in [5.74, 6) is -3.44. The predicted octanol–water partition coefficient (Wildman–Crippen LogP) is 1.84. The molecule has 0 amide bonds. The van der Waals surface area contributed by atoms with E-state index in [1.54, 1.807) is 19.9 Å². The van der Waals surface area contributed by atoms with Crippen molar-refractivity contribution >= 4 is 5.97 Å². The standard InChI is InChI=1S/C9H12O2/c1-6-4-3-5-7(2)8(6)9(10)11/h3-6,8H,1-2H3,(H,10,11)/i4D,8D. The van der Waals surface area contributed by atoms with Crippen LogP contribution in [-0.2, 0) is 4.79 Å². The van der Waals surface area contributed by atoms with Crippen LogP contribution < -0.4 is 0 Å². The molecule has 0 saturated heterocycles. The molecular formula is C9H12O2. The SMILES string of the molecule is [2H]C1=CC=C(C)C([2H])(C(=O)O)C1C. The van der Waals surface area contributed by atoms with Gasteiger partial charge in [0.25, 0.3) is 0 Å². The highest BCUT2D eigenvalue weighted by Gasteiger charge is 2.25. The fourth-order valence-corrected chi connectivity index (χ4v) is 1.19. The second-order valence-electron chi connectivity index (χ2n) is 2.62. The van der Waals surface area contributed by atoms with Crippen molar-refractivity contribution in [1.82, 2.24) is 0 Å². The topological polar surface area (TPSA) is 37.3 Å². The zero-order valence-electron chi connectivity index (χ0n) is 8.59. The van der Waals surface area contributed by atoms with E-state index >= 15 is 0 Å². The molecule has 1 aliphatic carbocycles. The maximum Gasteiger partial charge on any atom is 0.311 e. The van der Waals surface area contributed by atoms with E-state index in [-0.39, 0.29) is 6.05 Å². The van der Waals surface area contributed by atoms with Crippen LogP contribution in [0, 0.1) is 11.8 Å². The molecular weight excluding hydrogens is 140 g/mol. The molecule has 0 fully saturated rings. The van der Waals surface area contributed by atoms with Gasteiger partial charge in [-0.25, -0.2) is 0 Å². The Kier molecular flexibility index (Phi) is 1.47. The van der Waals surface area contributed by atoms with E-state index in [0.717, 1.165) is 0 Å². The Morgan fingerprint density at radius 1 is 1.91 bits per heavy atom. The molecule has 2 atom stereocenters. The van der Waals surface area contributed by atoms with E-state index in [9.17, 15) is 4.79 Å². The first-order valence-corrected chi connectivity index (χ1v) is 3.49. The summed E-state index contributed by atoms with van der Waals surface area (Å²) >= 11 is 0. The Morgan fingerprint density at radius 3 is 3.00 bits per heavy atom. The van der Waals surface area contributed by atoms with Gasteiger partial charge in [-0.05, 0) is 12.8 Å². The molecule has 0 heterocycles. The Labute approximate surface area is 69.0 Å². The lowest BCUT2D eigenvalue weighted by atomic mass is 9.84. The summed E-state index contributed by atoms with van der Waals surface area (Å²) in [7, 11) is 0. The molecule has 0 aromatic carbocycles. The summed E-state index contributed by atoms with van der Waals surface area (Å²) in [5.41, 5.74) is 0.475. The second kappa shape index (κ2) is 2.91. The fraction of sp³-hybridized carbons (Fsp3) is 0.444. The Morgan fingerprint density at radius 2 is 2.55 bits per heavy atom. The molecule has 0 radical (unpaired) electrons. The van der Waals surface area contributed by atoms with Crippen molar-refractivity contribution < 1.29 is 12.6 Å². The van der Waals surface area contributed by atoms with Gasteiger partial charge in [-0.3, -0.25) is 4.79 Å². The van der Waals surface area contributed by atoms with Gasteiger partial charge >= 0.3 is 5.97 Å². The third-order valence-electron chi connectivity index (χ3n) is 1.77. The van der Waals surface area contributed by atoms with Crippen molar-refractivity contribution in [2.75, 3.05) is 0 Å². The average molecular weight is 154 g/mol. The van der Waals surface area contributed by atoms with Gasteiger partial charge in [0.2, 0.25) is 0 Å². The van der Waals surface area contributed by atoms with E-state index in [2.05, 4.69) is 0 Å². The van der Waals surface area contributed by atoms with Crippen molar-refractivity contribution in [2.24, 2.45) is 11.8 Å². The van der Waals surface area contributed by atoms with Crippen molar-refractivity contribution in [3.63, 3.8) is 0 Å². The monoisotopic (exact) mass is 154 g/mol. The number of rotatable bonds is 1. The predicted molar refractivity (Wildman–Crippen MR) is 43.2 cm³/mol. The normalized spacial score (nSPS) is 40.0. The summed E-state index contributed by atoms with van der Waals surface area (Å²) in [6, 6.07) is 0.197. The smallest absolute Gasteiger partial charge is 0.311 e. The summed E-state index contributed by atoms with van der Waals surface area (Å²) in [6.45, 7) is 3.21. The Bertz CT molecular complexity index is 307. The molecule has 0 aliphatic heterocycles. The number of carboxylic acids is 1. The van der Waals surface area contributed by atoms with E-state index in [1.807, 2.05) is 0 Å². The second-order valence-corrected chi connectivity index (χ2v) is 2.62. The van der Waals surface area contributed by atoms with E-state index in [0.29, 0.717) is 5.57 Å². The lowest BCUT2D eigenvalue weighted by Gasteiger charge is -2.20. The van der Waals surface area contributed by atoms with Crippen LogP contribution in [0.2, 0.25) is 0 Å². The van der Waals surface area contributed by atoms with Gasteiger partial charge in [-0.15, -0.1) is 0 Å². The minimum atomic E-state index is -1.66. The number of hydrogen-bond donors (Lipinski definition) is 1. The lowest BCUT2D eigenvalue weighted by Crippen LogP contribution is -2.22. The van der Waals surface area contributed by atoms with E-state index in [1.165, 1.54) is 6.08 Å². The summed E-state index contributed by atoms with van der Waals surface area (Å²) in [5, 5.41) is 8.92. The van der Waals surface area contributed by atoms with E-state index in [4.69, 9.17) is 7.85 Å². The maximum absolute atomic E-state index is 10.9. The molecule has 2 unspecified atom stereocenters. The fourth-order valence-electron chi connectivity index (χ4n) is 1.19. The average Bonchev–Trinajstić information content (AvgIpc) is 2.08. The summed E-state index contributed by atoms with van der Waals surface area (Å²) in [6.07, 6.45) is 3.08. The van der Waals surface area contributed by atoms with Crippen LogP contribution in [0.4, 0.5) is 0 Å². The number of carboxylic acid groups (broad SMARTS) is 1. The number of allylic oxidation sites excluding steroid dienone is 3. The third kappa shape index (κ3) is 1.50. The zero-order valence-corrected chi connectivity index (χ0v) is 6.59. The van der Waals surface area contributed by atoms with Gasteiger partial charge in [-0.1, -0.05) is 30.7 Å². The minimum Gasteiger partial charge on any atom is -0.481 e. The van der Waals surface area contributed by atoms with Crippen molar-refractivity contribution in [2.45, 2.75) is 13.8 Å². The van der Waals surface area contributed by atoms with Gasteiger partial charge in [0.05, 0.1) is 7.26 Å². The maximum atomic E-state index is 10.9. The third-order valence-corrected chi connectivity index (χ3v) is 1.77. The molecule has 0 aromatic heterocycles. The van der Waals surface area contributed by atoms with Gasteiger partial charge in [0.1, 0.15) is 0 Å². The Balaban J connectivity index is 3.19. The molecule has 11 heavy (non-hydrogen) atoms. The van der Waals surface area contributed by atoms with Crippen molar-refractivity contribution in [1.29, 1.82) is 0 Å². The molecule has 2 nitrogen and oxygen atoms in total. The first-order chi connectivity index (χ1) is 5.90. The molecule has 2 heteroatoms. The molecule has 0 aromatic rings. The minimum absolute atomic E-state index is 0.197. The van der Waals surface area contributed by atoms with Gasteiger partial charge in [0.15, 0.2) is 0 Å². The molecule has 60 valence electrons. The van der Waals surface area contributed by atoms with Gasteiger partial charge in [-0.2, -0.15) is 0 Å². The number of carbonyl (C=O) groups is 1. The van der Waals surface area contributed by atoms with Crippen LogP contribution in [0.15, 0.2) is 23.8 Å². The highest BCUT2D eigenvalue weighted by molar-refractivity contribution is 5.74. The summed E-state index contributed by atoms with van der Waals surface area (Å²) in [4.78, 5) is 10.9. The summed E-state index contributed by atoms with van der Waals surface area (Å²) < 4.78 is 15.2. The van der Waals surface area contributed by atoms with Gasteiger partial charge in [0, 0.05) is 1.37 Å². The molecule has 0 bridgehead atoms. The van der Waals surface area contributed by atoms with Crippen LogP contribution in [0.5, 0.6) is 0 Å².